The molecule has 2 aromatic rings. The van der Waals surface area contributed by atoms with Crippen LogP contribution in [-0.4, -0.2) is 39.6 Å². The predicted octanol–water partition coefficient (Wildman–Crippen LogP) is 2.07. The molecule has 0 aliphatic rings. The molecular formula is C17H18N6O2S. The molecule has 1 aromatic heterocycles. The van der Waals surface area contributed by atoms with E-state index in [2.05, 4.69) is 31.4 Å². The van der Waals surface area contributed by atoms with E-state index in [-0.39, 0.29) is 5.56 Å². The van der Waals surface area contributed by atoms with Gasteiger partial charge >= 0.3 is 5.97 Å². The molecule has 0 aliphatic carbocycles. The third-order valence-electron chi connectivity index (χ3n) is 3.23. The third kappa shape index (κ3) is 5.35. The monoisotopic (exact) mass is 370 g/mol. The first-order valence-corrected chi connectivity index (χ1v) is 8.03. The number of benzene rings is 1. The summed E-state index contributed by atoms with van der Waals surface area (Å²) in [6.07, 6.45) is 1.26. The van der Waals surface area contributed by atoms with Crippen LogP contribution >= 0.6 is 12.2 Å². The molecular weight excluding hydrogens is 352 g/mol. The lowest BCUT2D eigenvalue weighted by Crippen LogP contribution is -2.30. The molecule has 9 heteroatoms. The number of rotatable bonds is 6. The molecule has 0 spiro atoms. The van der Waals surface area contributed by atoms with Crippen LogP contribution in [0.25, 0.3) is 0 Å². The molecule has 2 rings (SSSR count). The Hall–Kier alpha value is -3.33. The molecule has 0 atom stereocenters. The van der Waals surface area contributed by atoms with Gasteiger partial charge < -0.3 is 10.4 Å². The van der Waals surface area contributed by atoms with Crippen molar-refractivity contribution < 1.29 is 9.90 Å². The minimum Gasteiger partial charge on any atom is -0.478 e. The number of nitrogens with zero attached hydrogens (tertiary/aromatic N) is 3. The van der Waals surface area contributed by atoms with Gasteiger partial charge in [0.05, 0.1) is 11.3 Å². The quantitative estimate of drug-likeness (QED) is 0.350. The second kappa shape index (κ2) is 9.23. The normalized spacial score (nSPS) is 11.6. The van der Waals surface area contributed by atoms with Crippen LogP contribution in [0.5, 0.6) is 0 Å². The van der Waals surface area contributed by atoms with Crippen molar-refractivity contribution in [1.82, 2.24) is 15.7 Å². The van der Waals surface area contributed by atoms with Crippen LogP contribution < -0.4 is 16.2 Å². The van der Waals surface area contributed by atoms with Crippen LogP contribution in [0, 0.1) is 0 Å². The summed E-state index contributed by atoms with van der Waals surface area (Å²) >= 11 is 5.01. The maximum atomic E-state index is 10.9. The van der Waals surface area contributed by atoms with Gasteiger partial charge in [0, 0.05) is 18.8 Å². The number of hydrogen-bond donors (Lipinski definition) is 4. The number of hydrazone groups is 2. The van der Waals surface area contributed by atoms with E-state index in [0.717, 1.165) is 5.56 Å². The first kappa shape index (κ1) is 19.0. The number of thiocarbonyl (C=S) groups is 1. The van der Waals surface area contributed by atoms with Crippen molar-refractivity contribution in [2.75, 3.05) is 12.5 Å². The number of carboxylic acid groups (broad SMARTS) is 1. The molecule has 0 unspecified atom stereocenters. The number of nitrogens with one attached hydrogen (secondary N) is 3. The summed E-state index contributed by atoms with van der Waals surface area (Å²) in [7, 11) is 1.69. The minimum atomic E-state index is -1.04. The Bertz CT molecular complexity index is 834. The molecule has 134 valence electrons. The highest BCUT2D eigenvalue weighted by atomic mass is 32.1. The largest absolute Gasteiger partial charge is 0.478 e. The number of aromatic carboxylic acids is 1. The fourth-order valence-corrected chi connectivity index (χ4v) is 1.94. The number of hydrogen-bond acceptors (Lipinski definition) is 6. The smallest absolute Gasteiger partial charge is 0.337 e. The van der Waals surface area contributed by atoms with Crippen molar-refractivity contribution in [3.8, 4) is 0 Å². The summed E-state index contributed by atoms with van der Waals surface area (Å²) in [5, 5.41) is 20.6. The molecule has 1 aromatic carbocycles. The van der Waals surface area contributed by atoms with Crippen LogP contribution in [0.4, 0.5) is 5.82 Å². The SMILES string of the molecule is CNC(=S)N/N=C(C)/C(=N/Nc1ccc(C(=O)O)cn1)c1ccccc1. The van der Waals surface area contributed by atoms with Crippen molar-refractivity contribution in [2.24, 2.45) is 10.2 Å². The van der Waals surface area contributed by atoms with Crippen LogP contribution in [0.1, 0.15) is 22.8 Å². The highest BCUT2D eigenvalue weighted by Crippen LogP contribution is 2.08. The Morgan fingerprint density at radius 2 is 1.85 bits per heavy atom. The van der Waals surface area contributed by atoms with E-state index in [9.17, 15) is 4.79 Å². The molecule has 1 heterocycles. The van der Waals surface area contributed by atoms with Gasteiger partial charge in [-0.1, -0.05) is 30.3 Å². The topological polar surface area (TPSA) is 111 Å². The lowest BCUT2D eigenvalue weighted by Gasteiger charge is -2.09. The van der Waals surface area contributed by atoms with E-state index >= 15 is 0 Å². The lowest BCUT2D eigenvalue weighted by atomic mass is 10.1. The molecule has 0 amide bonds. The zero-order valence-electron chi connectivity index (χ0n) is 14.2. The van der Waals surface area contributed by atoms with Crippen molar-refractivity contribution in [1.29, 1.82) is 0 Å². The number of pyridine rings is 1. The van der Waals surface area contributed by atoms with E-state index in [0.29, 0.717) is 22.4 Å². The van der Waals surface area contributed by atoms with Crippen molar-refractivity contribution >= 4 is 40.5 Å². The van der Waals surface area contributed by atoms with E-state index in [1.807, 2.05) is 30.3 Å². The van der Waals surface area contributed by atoms with E-state index in [1.54, 1.807) is 14.0 Å². The average Bonchev–Trinajstić information content (AvgIpc) is 2.67. The predicted molar refractivity (Wildman–Crippen MR) is 106 cm³/mol. The fraction of sp³-hybridized carbons (Fsp3) is 0.118. The van der Waals surface area contributed by atoms with Gasteiger partial charge in [-0.15, -0.1) is 0 Å². The number of carboxylic acids is 1. The number of anilines is 1. The molecule has 0 bridgehead atoms. The molecule has 4 N–H and O–H groups in total. The molecule has 0 aliphatic heterocycles. The molecule has 0 fully saturated rings. The van der Waals surface area contributed by atoms with Crippen molar-refractivity contribution in [3.63, 3.8) is 0 Å². The van der Waals surface area contributed by atoms with Crippen LogP contribution in [0.3, 0.4) is 0 Å². The zero-order valence-corrected chi connectivity index (χ0v) is 15.0. The van der Waals surface area contributed by atoms with E-state index in [1.165, 1.54) is 18.3 Å². The van der Waals surface area contributed by atoms with Crippen LogP contribution in [0.15, 0.2) is 58.9 Å². The summed E-state index contributed by atoms with van der Waals surface area (Å²) in [6.45, 7) is 1.79. The number of carbonyl (C=O) groups is 1. The van der Waals surface area contributed by atoms with Gasteiger partial charge in [-0.25, -0.2) is 9.78 Å². The van der Waals surface area contributed by atoms with Gasteiger partial charge in [0.1, 0.15) is 11.5 Å². The first-order chi connectivity index (χ1) is 12.5. The molecule has 0 saturated heterocycles. The fourth-order valence-electron chi connectivity index (χ4n) is 1.89. The molecule has 26 heavy (non-hydrogen) atoms. The zero-order chi connectivity index (χ0) is 18.9. The summed E-state index contributed by atoms with van der Waals surface area (Å²) in [6, 6.07) is 12.5. The minimum absolute atomic E-state index is 0.102. The van der Waals surface area contributed by atoms with Gasteiger partial charge in [0.15, 0.2) is 5.11 Å². The molecule has 0 saturated carbocycles. The third-order valence-corrected chi connectivity index (χ3v) is 3.53. The van der Waals surface area contributed by atoms with E-state index in [4.69, 9.17) is 17.3 Å². The second-order valence-electron chi connectivity index (χ2n) is 5.06. The first-order valence-electron chi connectivity index (χ1n) is 7.62. The van der Waals surface area contributed by atoms with E-state index < -0.39 is 5.97 Å². The summed E-state index contributed by atoms with van der Waals surface area (Å²) in [5.41, 5.74) is 7.67. The summed E-state index contributed by atoms with van der Waals surface area (Å²) in [5.74, 6) is -0.623. The highest BCUT2D eigenvalue weighted by molar-refractivity contribution is 7.80. The van der Waals surface area contributed by atoms with Crippen LogP contribution in [0.2, 0.25) is 0 Å². The standard InChI is InChI=1S/C17H18N6O2S/c1-11(20-23-17(26)18-2)15(12-6-4-3-5-7-12)22-21-14-9-8-13(10-19-14)16(24)25/h3-10H,1-2H3,(H,19,21)(H,24,25)(H2,18,23,26)/b20-11+,22-15-. The lowest BCUT2D eigenvalue weighted by molar-refractivity contribution is 0.0696. The van der Waals surface area contributed by atoms with Crippen molar-refractivity contribution in [2.45, 2.75) is 6.92 Å². The van der Waals surface area contributed by atoms with Gasteiger partial charge in [-0.2, -0.15) is 10.2 Å². The summed E-state index contributed by atoms with van der Waals surface area (Å²) in [4.78, 5) is 14.9. The highest BCUT2D eigenvalue weighted by Gasteiger charge is 2.09. The maximum absolute atomic E-state index is 10.9. The Balaban J connectivity index is 2.27. The summed E-state index contributed by atoms with van der Waals surface area (Å²) < 4.78 is 0. The Morgan fingerprint density at radius 1 is 1.12 bits per heavy atom. The Kier molecular flexibility index (Phi) is 6.75. The maximum Gasteiger partial charge on any atom is 0.337 e. The van der Waals surface area contributed by atoms with Gasteiger partial charge in [-0.05, 0) is 31.3 Å². The van der Waals surface area contributed by atoms with Gasteiger partial charge in [0.25, 0.3) is 0 Å². The van der Waals surface area contributed by atoms with Crippen LogP contribution in [-0.2, 0) is 0 Å². The Morgan fingerprint density at radius 3 is 2.42 bits per heavy atom. The average molecular weight is 370 g/mol. The van der Waals surface area contributed by atoms with Crippen molar-refractivity contribution in [3.05, 3.63) is 59.8 Å². The molecule has 0 radical (unpaired) electrons. The second-order valence-corrected chi connectivity index (χ2v) is 5.47. The molecule has 8 nitrogen and oxygen atoms in total. The Labute approximate surface area is 156 Å². The van der Waals surface area contributed by atoms with Gasteiger partial charge in [-0.3, -0.25) is 10.9 Å². The number of aromatic nitrogens is 1. The van der Waals surface area contributed by atoms with Gasteiger partial charge in [0.2, 0.25) is 0 Å².